The van der Waals surface area contributed by atoms with Gasteiger partial charge in [0.1, 0.15) is 0 Å². The van der Waals surface area contributed by atoms with Crippen LogP contribution < -0.4 is 10.6 Å². The molecular formula is C10H17F3N2O2. The first-order valence-corrected chi connectivity index (χ1v) is 5.18. The van der Waals surface area contributed by atoms with Crippen LogP contribution in [0.3, 0.4) is 0 Å². The molecule has 0 aliphatic heterocycles. The minimum absolute atomic E-state index is 0.281. The summed E-state index contributed by atoms with van der Waals surface area (Å²) in [5.41, 5.74) is 0. The molecule has 1 amide bonds. The first-order chi connectivity index (χ1) is 7.95. The summed E-state index contributed by atoms with van der Waals surface area (Å²) in [6.07, 6.45) is -1.87. The minimum atomic E-state index is -4.30. The van der Waals surface area contributed by atoms with E-state index in [1.54, 1.807) is 6.08 Å². The molecule has 0 rings (SSSR count). The lowest BCUT2D eigenvalue weighted by Gasteiger charge is -2.08. The number of hydrogen-bond acceptors (Lipinski definition) is 3. The van der Waals surface area contributed by atoms with E-state index in [4.69, 9.17) is 4.74 Å². The summed E-state index contributed by atoms with van der Waals surface area (Å²) in [7, 11) is 0. The molecule has 7 heteroatoms. The van der Waals surface area contributed by atoms with Crippen molar-refractivity contribution in [3.8, 4) is 0 Å². The lowest BCUT2D eigenvalue weighted by atomic mass is 10.4. The van der Waals surface area contributed by atoms with E-state index in [1.807, 2.05) is 5.32 Å². The summed E-state index contributed by atoms with van der Waals surface area (Å²) >= 11 is 0. The highest BCUT2D eigenvalue weighted by Gasteiger charge is 2.26. The maximum atomic E-state index is 11.7. The molecular weight excluding hydrogens is 237 g/mol. The molecule has 2 N–H and O–H groups in total. The monoisotopic (exact) mass is 254 g/mol. The fourth-order valence-electron chi connectivity index (χ4n) is 0.912. The number of rotatable bonds is 9. The van der Waals surface area contributed by atoms with Crippen molar-refractivity contribution in [1.82, 2.24) is 10.6 Å². The molecule has 0 aromatic heterocycles. The number of halogens is 3. The van der Waals surface area contributed by atoms with E-state index < -0.39 is 18.6 Å². The molecule has 0 aromatic carbocycles. The van der Waals surface area contributed by atoms with Crippen molar-refractivity contribution in [2.24, 2.45) is 0 Å². The topological polar surface area (TPSA) is 50.4 Å². The van der Waals surface area contributed by atoms with E-state index in [1.165, 1.54) is 0 Å². The van der Waals surface area contributed by atoms with E-state index in [0.717, 1.165) is 6.42 Å². The summed E-state index contributed by atoms with van der Waals surface area (Å²) in [6, 6.07) is 0. The molecule has 0 bridgehead atoms. The van der Waals surface area contributed by atoms with E-state index in [-0.39, 0.29) is 13.1 Å². The zero-order valence-electron chi connectivity index (χ0n) is 9.48. The largest absolute Gasteiger partial charge is 0.401 e. The number of hydrogen-bond donors (Lipinski definition) is 2. The second-order valence-corrected chi connectivity index (χ2v) is 3.26. The third-order valence-corrected chi connectivity index (χ3v) is 1.65. The van der Waals surface area contributed by atoms with Crippen molar-refractivity contribution in [2.45, 2.75) is 12.6 Å². The van der Waals surface area contributed by atoms with Gasteiger partial charge >= 0.3 is 6.18 Å². The molecule has 0 aromatic rings. The van der Waals surface area contributed by atoms with Gasteiger partial charge in [-0.05, 0) is 6.42 Å². The van der Waals surface area contributed by atoms with Crippen molar-refractivity contribution in [3.05, 3.63) is 12.7 Å². The summed E-state index contributed by atoms with van der Waals surface area (Å²) in [6.45, 7) is 3.12. The Morgan fingerprint density at radius 2 is 2.06 bits per heavy atom. The van der Waals surface area contributed by atoms with Crippen LogP contribution in [-0.2, 0) is 9.53 Å². The fourth-order valence-corrected chi connectivity index (χ4v) is 0.912. The van der Waals surface area contributed by atoms with Crippen LogP contribution in [0.4, 0.5) is 13.2 Å². The molecule has 0 saturated heterocycles. The number of amides is 1. The number of nitrogens with one attached hydrogen (secondary N) is 2. The lowest BCUT2D eigenvalue weighted by molar-refractivity contribution is -0.128. The second-order valence-electron chi connectivity index (χ2n) is 3.26. The van der Waals surface area contributed by atoms with Gasteiger partial charge < -0.3 is 15.4 Å². The average molecular weight is 254 g/mol. The van der Waals surface area contributed by atoms with E-state index in [2.05, 4.69) is 11.9 Å². The van der Waals surface area contributed by atoms with Crippen molar-refractivity contribution in [2.75, 3.05) is 32.8 Å². The Balaban J connectivity index is 3.32. The fraction of sp³-hybridized carbons (Fsp3) is 0.700. The van der Waals surface area contributed by atoms with E-state index in [0.29, 0.717) is 13.2 Å². The highest BCUT2D eigenvalue weighted by Crippen LogP contribution is 2.11. The van der Waals surface area contributed by atoms with Gasteiger partial charge in [0, 0.05) is 6.54 Å². The summed E-state index contributed by atoms with van der Waals surface area (Å²) in [5, 5.41) is 4.42. The van der Waals surface area contributed by atoms with Crippen LogP contribution in [0.5, 0.6) is 0 Å². The Hall–Kier alpha value is -1.08. The van der Waals surface area contributed by atoms with Crippen LogP contribution in [0.2, 0.25) is 0 Å². The minimum Gasteiger partial charge on any atom is -0.379 e. The second kappa shape index (κ2) is 9.00. The molecule has 0 radical (unpaired) electrons. The predicted octanol–water partition coefficient (Wildman–Crippen LogP) is 0.847. The number of alkyl halides is 3. The summed E-state index contributed by atoms with van der Waals surface area (Å²) in [5.74, 6) is -0.485. The van der Waals surface area contributed by atoms with Gasteiger partial charge in [-0.15, -0.1) is 6.58 Å². The van der Waals surface area contributed by atoms with Crippen LogP contribution in [-0.4, -0.2) is 44.9 Å². The van der Waals surface area contributed by atoms with E-state index in [9.17, 15) is 18.0 Å². The average Bonchev–Trinajstić information content (AvgIpc) is 2.21. The molecule has 0 aliphatic carbocycles. The molecule has 0 heterocycles. The van der Waals surface area contributed by atoms with Gasteiger partial charge in [0.15, 0.2) is 0 Å². The maximum Gasteiger partial charge on any atom is 0.401 e. The van der Waals surface area contributed by atoms with Gasteiger partial charge in [0.05, 0.1) is 26.3 Å². The predicted molar refractivity (Wildman–Crippen MR) is 57.6 cm³/mol. The Labute approximate surface area is 98.2 Å². The SMILES string of the molecule is C=CCCOCCNC(=O)CNCC(F)(F)F. The highest BCUT2D eigenvalue weighted by molar-refractivity contribution is 5.77. The van der Waals surface area contributed by atoms with Crippen LogP contribution >= 0.6 is 0 Å². The number of carbonyl (C=O) groups is 1. The smallest absolute Gasteiger partial charge is 0.379 e. The molecule has 100 valence electrons. The molecule has 0 aliphatic rings. The Morgan fingerprint density at radius 3 is 2.65 bits per heavy atom. The van der Waals surface area contributed by atoms with Gasteiger partial charge in [-0.1, -0.05) is 6.08 Å². The molecule has 0 fully saturated rings. The van der Waals surface area contributed by atoms with Crippen molar-refractivity contribution >= 4 is 5.91 Å². The van der Waals surface area contributed by atoms with Gasteiger partial charge in [-0.2, -0.15) is 13.2 Å². The van der Waals surface area contributed by atoms with Crippen molar-refractivity contribution in [3.63, 3.8) is 0 Å². The third kappa shape index (κ3) is 12.9. The Kier molecular flexibility index (Phi) is 8.43. The van der Waals surface area contributed by atoms with Gasteiger partial charge in [0.2, 0.25) is 5.91 Å². The molecule has 17 heavy (non-hydrogen) atoms. The van der Waals surface area contributed by atoms with Gasteiger partial charge in [-0.25, -0.2) is 0 Å². The maximum absolute atomic E-state index is 11.7. The zero-order chi connectivity index (χ0) is 13.1. The van der Waals surface area contributed by atoms with Crippen LogP contribution in [0.1, 0.15) is 6.42 Å². The summed E-state index contributed by atoms with van der Waals surface area (Å²) in [4.78, 5) is 11.0. The van der Waals surface area contributed by atoms with Gasteiger partial charge in [0.25, 0.3) is 0 Å². The Morgan fingerprint density at radius 1 is 1.35 bits per heavy atom. The van der Waals surface area contributed by atoms with Crippen LogP contribution in [0.15, 0.2) is 12.7 Å². The molecule has 0 saturated carbocycles. The standard InChI is InChI=1S/C10H17F3N2O2/c1-2-3-5-17-6-4-15-9(16)7-14-8-10(11,12)13/h2,14H,1,3-8H2,(H,15,16). The zero-order valence-corrected chi connectivity index (χ0v) is 9.48. The third-order valence-electron chi connectivity index (χ3n) is 1.65. The van der Waals surface area contributed by atoms with Gasteiger partial charge in [-0.3, -0.25) is 4.79 Å². The Bertz CT molecular complexity index is 232. The molecule has 0 spiro atoms. The first kappa shape index (κ1) is 15.9. The highest BCUT2D eigenvalue weighted by atomic mass is 19.4. The summed E-state index contributed by atoms with van der Waals surface area (Å²) < 4.78 is 40.2. The first-order valence-electron chi connectivity index (χ1n) is 5.18. The lowest BCUT2D eigenvalue weighted by Crippen LogP contribution is -2.39. The normalized spacial score (nSPS) is 11.2. The number of ether oxygens (including phenoxy) is 1. The molecule has 0 atom stereocenters. The quantitative estimate of drug-likeness (QED) is 0.473. The number of carbonyl (C=O) groups excluding carboxylic acids is 1. The molecule has 4 nitrogen and oxygen atoms in total. The van der Waals surface area contributed by atoms with Crippen molar-refractivity contribution < 1.29 is 22.7 Å². The van der Waals surface area contributed by atoms with Crippen molar-refractivity contribution in [1.29, 1.82) is 0 Å². The van der Waals surface area contributed by atoms with Crippen LogP contribution in [0.25, 0.3) is 0 Å². The van der Waals surface area contributed by atoms with Crippen LogP contribution in [0, 0.1) is 0 Å². The van der Waals surface area contributed by atoms with E-state index >= 15 is 0 Å². The molecule has 0 unspecified atom stereocenters.